The van der Waals surface area contributed by atoms with Crippen LogP contribution in [0.15, 0.2) is 10.7 Å². The smallest absolute Gasteiger partial charge is 0.281 e. The minimum atomic E-state index is -2.39. The van der Waals surface area contributed by atoms with E-state index in [1.807, 2.05) is 20.8 Å². The van der Waals surface area contributed by atoms with Crippen molar-refractivity contribution in [3.8, 4) is 0 Å². The standard InChI is InChI=1S/C18H35NO4PS4/c1-5-8-9-10-11-12-13-14-16(4)19-17(20)15-18(28(19)21)24(25,26-22-6-2)27-23-7-3/h15-16,25H,5-14H2,1-4H3/q+1. The maximum absolute atomic E-state index is 13.1. The Morgan fingerprint density at radius 2 is 1.61 bits per heavy atom. The van der Waals surface area contributed by atoms with Gasteiger partial charge in [0.15, 0.2) is 11.0 Å². The molecule has 0 fully saturated rings. The molecule has 1 aliphatic rings. The topological polar surface area (TPSA) is 55.8 Å². The quantitative estimate of drug-likeness (QED) is 0.110. The summed E-state index contributed by atoms with van der Waals surface area (Å²) in [4.78, 5) is 10.2. The molecule has 0 saturated heterocycles. The van der Waals surface area contributed by atoms with Crippen molar-refractivity contribution in [3.05, 3.63) is 10.7 Å². The van der Waals surface area contributed by atoms with Gasteiger partial charge in [-0.3, -0.25) is 13.2 Å². The van der Waals surface area contributed by atoms with E-state index in [9.17, 15) is 9.00 Å². The molecule has 0 aromatic rings. The third-order valence-electron chi connectivity index (χ3n) is 4.27. The molecule has 0 N–H and O–H groups in total. The molecule has 0 saturated carbocycles. The van der Waals surface area contributed by atoms with Gasteiger partial charge in [-0.2, -0.15) is 0 Å². The first-order valence-corrected chi connectivity index (χ1v) is 16.9. The lowest BCUT2D eigenvalue weighted by Gasteiger charge is -2.23. The molecule has 28 heavy (non-hydrogen) atoms. The third kappa shape index (κ3) is 8.48. The Balaban J connectivity index is 2.62. The Morgan fingerprint density at radius 1 is 1.07 bits per heavy atom. The molecule has 0 aromatic heterocycles. The second kappa shape index (κ2) is 14.7. The van der Waals surface area contributed by atoms with E-state index in [1.165, 1.54) is 65.8 Å². The summed E-state index contributed by atoms with van der Waals surface area (Å²) >= 11 is 7.13. The fourth-order valence-electron chi connectivity index (χ4n) is 2.81. The lowest BCUT2D eigenvalue weighted by Crippen LogP contribution is -2.35. The normalized spacial score (nSPS) is 18.6. The Morgan fingerprint density at radius 3 is 2.14 bits per heavy atom. The SMILES string of the molecule is CCCCCCCCCC(C)N1C(=O)C=C([P+](S)(SOCC)SOCC)S1=O. The molecule has 10 heteroatoms. The summed E-state index contributed by atoms with van der Waals surface area (Å²) in [6.07, 6.45) is 10.9. The van der Waals surface area contributed by atoms with E-state index in [2.05, 4.69) is 6.92 Å². The molecule has 0 aromatic carbocycles. The van der Waals surface area contributed by atoms with Crippen molar-refractivity contribution < 1.29 is 17.4 Å². The summed E-state index contributed by atoms with van der Waals surface area (Å²) in [7, 11) is -1.53. The molecule has 0 radical (unpaired) electrons. The summed E-state index contributed by atoms with van der Waals surface area (Å²) in [5, 5.41) is 0. The Kier molecular flexibility index (Phi) is 14.1. The van der Waals surface area contributed by atoms with E-state index in [4.69, 9.17) is 20.6 Å². The third-order valence-corrected chi connectivity index (χ3v) is 15.8. The highest BCUT2D eigenvalue weighted by Crippen LogP contribution is 2.89. The highest BCUT2D eigenvalue weighted by Gasteiger charge is 2.55. The number of unbranched alkanes of at least 4 members (excludes halogenated alkanes) is 6. The molecule has 1 amide bonds. The first kappa shape index (κ1) is 26.8. The summed E-state index contributed by atoms with van der Waals surface area (Å²) in [6.45, 7) is 8.99. The van der Waals surface area contributed by atoms with Crippen LogP contribution < -0.4 is 0 Å². The van der Waals surface area contributed by atoms with Gasteiger partial charge in [0.05, 0.1) is 19.3 Å². The average molecular weight is 489 g/mol. The molecule has 2 unspecified atom stereocenters. The Bertz CT molecular complexity index is 528. The van der Waals surface area contributed by atoms with Crippen LogP contribution >= 0.6 is 40.4 Å². The Labute approximate surface area is 187 Å². The fraction of sp³-hybridized carbons (Fsp3) is 0.833. The molecule has 2 atom stereocenters. The average Bonchev–Trinajstić information content (AvgIpc) is 2.98. The molecule has 1 rings (SSSR count). The highest BCUT2D eigenvalue weighted by molar-refractivity contribution is 9.16. The molecule has 164 valence electrons. The van der Waals surface area contributed by atoms with Gasteiger partial charge in [0.2, 0.25) is 28.0 Å². The zero-order valence-corrected chi connectivity index (χ0v) is 21.7. The van der Waals surface area contributed by atoms with Gasteiger partial charge < -0.3 is 0 Å². The maximum atomic E-state index is 13.1. The van der Waals surface area contributed by atoms with Crippen molar-refractivity contribution in [1.29, 1.82) is 0 Å². The van der Waals surface area contributed by atoms with Gasteiger partial charge in [-0.15, -0.1) is 0 Å². The van der Waals surface area contributed by atoms with Crippen molar-refractivity contribution >= 4 is 57.3 Å². The number of thiol groups is 1. The molecule has 0 spiro atoms. The van der Waals surface area contributed by atoms with Crippen LogP contribution in [0, 0.1) is 0 Å². The summed E-state index contributed by atoms with van der Waals surface area (Å²) in [5.74, 6) is -0.198. The van der Waals surface area contributed by atoms with E-state index >= 15 is 0 Å². The van der Waals surface area contributed by atoms with E-state index in [0.29, 0.717) is 17.9 Å². The van der Waals surface area contributed by atoms with Gasteiger partial charge in [-0.1, -0.05) is 51.9 Å². The Hall–Kier alpha value is 0.760. The lowest BCUT2D eigenvalue weighted by atomic mass is 10.1. The number of hydrogen-bond donors (Lipinski definition) is 1. The van der Waals surface area contributed by atoms with Gasteiger partial charge in [0.1, 0.15) is 0 Å². The van der Waals surface area contributed by atoms with Crippen LogP contribution in [0.25, 0.3) is 0 Å². The molecular weight excluding hydrogens is 453 g/mol. The largest absolute Gasteiger partial charge is 0.292 e. The molecule has 0 bridgehead atoms. The van der Waals surface area contributed by atoms with Crippen LogP contribution in [0.3, 0.4) is 0 Å². The van der Waals surface area contributed by atoms with E-state index < -0.39 is 15.9 Å². The number of hydrogen-bond acceptors (Lipinski definition) is 7. The fourth-order valence-corrected chi connectivity index (χ4v) is 12.5. The van der Waals surface area contributed by atoms with Crippen LogP contribution in [0.2, 0.25) is 0 Å². The predicted octanol–water partition coefficient (Wildman–Crippen LogP) is 6.92. The number of carbonyl (C=O) groups is 1. The zero-order valence-electron chi connectivity index (χ0n) is 17.4. The second-order valence-corrected chi connectivity index (χ2v) is 18.9. The van der Waals surface area contributed by atoms with E-state index in [0.717, 1.165) is 19.3 Å². The summed E-state index contributed by atoms with van der Waals surface area (Å²) in [5.41, 5.74) is 0. The molecule has 0 aliphatic carbocycles. The minimum absolute atomic E-state index is 0.0614. The van der Waals surface area contributed by atoms with Crippen molar-refractivity contribution in [2.75, 3.05) is 13.2 Å². The van der Waals surface area contributed by atoms with Crippen LogP contribution in [-0.2, 0) is 24.1 Å². The molecule has 1 aliphatic heterocycles. The number of nitrogens with zero attached hydrogens (tertiary/aromatic N) is 1. The van der Waals surface area contributed by atoms with Gasteiger partial charge in [0.25, 0.3) is 10.8 Å². The van der Waals surface area contributed by atoms with E-state index in [-0.39, 0.29) is 11.9 Å². The summed E-state index contributed by atoms with van der Waals surface area (Å²) in [6, 6.07) is -0.0614. The van der Waals surface area contributed by atoms with Gasteiger partial charge in [-0.25, -0.2) is 8.51 Å². The van der Waals surface area contributed by atoms with Crippen LogP contribution in [0.1, 0.15) is 79.1 Å². The molecule has 5 nitrogen and oxygen atoms in total. The van der Waals surface area contributed by atoms with Crippen molar-refractivity contribution in [3.63, 3.8) is 0 Å². The first-order chi connectivity index (χ1) is 13.4. The second-order valence-electron chi connectivity index (χ2n) is 6.64. The number of amides is 1. The number of rotatable bonds is 16. The predicted molar refractivity (Wildman–Crippen MR) is 129 cm³/mol. The van der Waals surface area contributed by atoms with Gasteiger partial charge >= 0.3 is 0 Å². The van der Waals surface area contributed by atoms with Crippen LogP contribution in [0.5, 0.6) is 0 Å². The van der Waals surface area contributed by atoms with Gasteiger partial charge in [0, 0.05) is 18.3 Å². The monoisotopic (exact) mass is 488 g/mol. The van der Waals surface area contributed by atoms with Crippen molar-refractivity contribution in [2.24, 2.45) is 0 Å². The molecular formula is C18H35NO4PS4+. The molecule has 1 heterocycles. The van der Waals surface area contributed by atoms with Crippen LogP contribution in [0.4, 0.5) is 0 Å². The first-order valence-electron chi connectivity index (χ1n) is 10.1. The zero-order chi connectivity index (χ0) is 21.0. The lowest BCUT2D eigenvalue weighted by molar-refractivity contribution is -0.122. The van der Waals surface area contributed by atoms with E-state index in [1.54, 1.807) is 0 Å². The number of carbonyl (C=O) groups excluding carboxylic acids is 1. The highest BCUT2D eigenvalue weighted by atomic mass is 33.4. The van der Waals surface area contributed by atoms with Crippen molar-refractivity contribution in [2.45, 2.75) is 85.1 Å². The minimum Gasteiger partial charge on any atom is -0.281 e. The summed E-state index contributed by atoms with van der Waals surface area (Å²) < 4.78 is 26.1. The van der Waals surface area contributed by atoms with Crippen LogP contribution in [-0.4, -0.2) is 33.7 Å². The van der Waals surface area contributed by atoms with Crippen molar-refractivity contribution in [1.82, 2.24) is 4.31 Å². The maximum Gasteiger partial charge on any atom is 0.292 e. The van der Waals surface area contributed by atoms with Gasteiger partial charge in [-0.05, 0) is 27.2 Å².